The van der Waals surface area contributed by atoms with Crippen LogP contribution >= 0.6 is 0 Å². The van der Waals surface area contributed by atoms with E-state index < -0.39 is 5.82 Å². The van der Waals surface area contributed by atoms with E-state index >= 15 is 0 Å². The van der Waals surface area contributed by atoms with Crippen LogP contribution in [0.4, 0.5) is 21.6 Å². The normalized spacial score (nSPS) is 15.6. The summed E-state index contributed by atoms with van der Waals surface area (Å²) >= 11 is 0. The Balaban J connectivity index is 1.38. The maximum Gasteiger partial charge on any atom is 0.167 e. The van der Waals surface area contributed by atoms with Gasteiger partial charge in [-0.15, -0.1) is 0 Å². The maximum absolute atomic E-state index is 14.9. The molecule has 212 valence electrons. The second-order valence-electron chi connectivity index (χ2n) is 9.77. The minimum absolute atomic E-state index is 0.123. The first-order chi connectivity index (χ1) is 20.1. The molecule has 41 heavy (non-hydrogen) atoms. The van der Waals surface area contributed by atoms with Gasteiger partial charge in [0.1, 0.15) is 25.0 Å². The molecule has 2 N–H and O–H groups in total. The fourth-order valence-corrected chi connectivity index (χ4v) is 4.85. The van der Waals surface area contributed by atoms with E-state index in [1.54, 1.807) is 18.3 Å². The Morgan fingerprint density at radius 1 is 1.15 bits per heavy atom. The van der Waals surface area contributed by atoms with Crippen LogP contribution in [0.5, 0.6) is 11.5 Å². The monoisotopic (exact) mass is 556 g/mol. The van der Waals surface area contributed by atoms with E-state index in [-0.39, 0.29) is 18.4 Å². The number of nitrogens with one attached hydrogen (secondary N) is 2. The summed E-state index contributed by atoms with van der Waals surface area (Å²) in [4.78, 5) is 27.1. The minimum atomic E-state index is -0.516. The molecule has 1 atom stereocenters. The van der Waals surface area contributed by atoms with Gasteiger partial charge in [0.05, 0.1) is 28.9 Å². The third-order valence-electron chi connectivity index (χ3n) is 6.96. The Kier molecular flexibility index (Phi) is 9.00. The second-order valence-corrected chi connectivity index (χ2v) is 9.77. The van der Waals surface area contributed by atoms with E-state index in [1.165, 1.54) is 12.4 Å². The molecule has 2 aromatic heterocycles. The van der Waals surface area contributed by atoms with Crippen LogP contribution in [0.2, 0.25) is 0 Å². The quantitative estimate of drug-likeness (QED) is 0.173. The van der Waals surface area contributed by atoms with Gasteiger partial charge in [0, 0.05) is 36.1 Å². The molecule has 0 aliphatic carbocycles. The van der Waals surface area contributed by atoms with Crippen molar-refractivity contribution in [3.05, 3.63) is 84.2 Å². The van der Waals surface area contributed by atoms with E-state index in [9.17, 15) is 9.18 Å². The minimum Gasteiger partial charge on any atom is -0.491 e. The molecule has 1 aliphatic heterocycles. The van der Waals surface area contributed by atoms with E-state index in [0.29, 0.717) is 58.3 Å². The van der Waals surface area contributed by atoms with Crippen molar-refractivity contribution in [3.8, 4) is 11.5 Å². The predicted molar refractivity (Wildman–Crippen MR) is 157 cm³/mol. The summed E-state index contributed by atoms with van der Waals surface area (Å²) < 4.78 is 26.6. The molecule has 1 fully saturated rings. The predicted octanol–water partition coefficient (Wildman–Crippen LogP) is 5.52. The summed E-state index contributed by atoms with van der Waals surface area (Å²) in [5.41, 5.74) is 3.23. The van der Waals surface area contributed by atoms with Crippen LogP contribution < -0.4 is 20.1 Å². The summed E-state index contributed by atoms with van der Waals surface area (Å²) in [6, 6.07) is 14.1. The Labute approximate surface area is 238 Å². The van der Waals surface area contributed by atoms with E-state index in [4.69, 9.17) is 9.47 Å². The summed E-state index contributed by atoms with van der Waals surface area (Å²) in [7, 11) is 2.07. The molecule has 5 rings (SSSR count). The van der Waals surface area contributed by atoms with Crippen molar-refractivity contribution in [1.29, 1.82) is 0 Å². The van der Waals surface area contributed by atoms with Crippen LogP contribution in [0.3, 0.4) is 0 Å². The molecule has 2 aromatic carbocycles. The molecule has 9 nitrogen and oxygen atoms in total. The molecule has 1 aliphatic rings. The lowest BCUT2D eigenvalue weighted by molar-refractivity contribution is -0.104. The zero-order valence-corrected chi connectivity index (χ0v) is 23.1. The maximum atomic E-state index is 14.9. The third kappa shape index (κ3) is 6.78. The second kappa shape index (κ2) is 13.2. The van der Waals surface area contributed by atoms with Crippen molar-refractivity contribution in [2.24, 2.45) is 0 Å². The van der Waals surface area contributed by atoms with Crippen LogP contribution in [-0.2, 0) is 11.4 Å². The third-order valence-corrected chi connectivity index (χ3v) is 6.96. The highest BCUT2D eigenvalue weighted by atomic mass is 19.1. The first-order valence-corrected chi connectivity index (χ1v) is 13.7. The molecule has 10 heteroatoms. The molecule has 0 amide bonds. The van der Waals surface area contributed by atoms with Crippen LogP contribution in [-0.4, -0.2) is 58.9 Å². The topological polar surface area (TPSA) is 102 Å². The van der Waals surface area contributed by atoms with E-state index in [2.05, 4.69) is 37.5 Å². The number of carbonyl (C=O) groups excluding carboxylic acids is 1. The average molecular weight is 557 g/mol. The van der Waals surface area contributed by atoms with E-state index in [1.807, 2.05) is 43.3 Å². The number of likely N-dealkylation sites (tertiary alicyclic amines) is 1. The zero-order chi connectivity index (χ0) is 28.6. The standard InChI is InChI=1S/C31H33FN6O3/c1-3-40-30-27(34-17-21(18-39)15-24-8-6-14-38(24)2)11-10-26-29(30)31(36-20-35-26)37-22-9-12-28(25(32)16-22)41-19-23-7-4-5-13-33-23/h4-5,7,9-13,15-16,18,20,24,34H,3,6,8,14,17,19H2,1-2H3,(H,35,36,37)/b21-15-/t24-/m1/s1. The lowest BCUT2D eigenvalue weighted by atomic mass is 10.1. The van der Waals surface area contributed by atoms with Gasteiger partial charge in [-0.25, -0.2) is 14.4 Å². The largest absolute Gasteiger partial charge is 0.491 e. The van der Waals surface area contributed by atoms with Crippen LogP contribution in [0.25, 0.3) is 10.9 Å². The molecule has 0 unspecified atom stereocenters. The number of pyridine rings is 1. The van der Waals surface area contributed by atoms with Crippen LogP contribution in [0.15, 0.2) is 72.7 Å². The lowest BCUT2D eigenvalue weighted by Crippen LogP contribution is -2.24. The number of nitrogens with zero attached hydrogens (tertiary/aromatic N) is 4. The van der Waals surface area contributed by atoms with Crippen LogP contribution in [0, 0.1) is 5.82 Å². The van der Waals surface area contributed by atoms with Gasteiger partial charge < -0.3 is 20.1 Å². The Bertz CT molecular complexity index is 1530. The fraction of sp³-hybridized carbons (Fsp3) is 0.290. The summed E-state index contributed by atoms with van der Waals surface area (Å²) in [5.74, 6) is 0.616. The van der Waals surface area contributed by atoms with Crippen LogP contribution in [0.1, 0.15) is 25.5 Å². The zero-order valence-electron chi connectivity index (χ0n) is 23.1. The Morgan fingerprint density at radius 3 is 2.78 bits per heavy atom. The highest BCUT2D eigenvalue weighted by molar-refractivity contribution is 5.99. The Morgan fingerprint density at radius 2 is 2.05 bits per heavy atom. The van der Waals surface area contributed by atoms with Gasteiger partial charge in [0.15, 0.2) is 17.3 Å². The average Bonchev–Trinajstić information content (AvgIpc) is 3.40. The van der Waals surface area contributed by atoms with Crippen molar-refractivity contribution in [3.63, 3.8) is 0 Å². The molecule has 4 aromatic rings. The number of likely N-dealkylation sites (N-methyl/N-ethyl adjacent to an activating group) is 1. The smallest absolute Gasteiger partial charge is 0.167 e. The number of halogens is 1. The number of aromatic nitrogens is 3. The number of benzene rings is 2. The van der Waals surface area contributed by atoms with Gasteiger partial charge in [-0.1, -0.05) is 12.1 Å². The van der Waals surface area contributed by atoms with Gasteiger partial charge in [-0.05, 0) is 69.8 Å². The number of fused-ring (bicyclic) bond motifs is 1. The molecule has 1 saturated heterocycles. The molecule has 0 radical (unpaired) electrons. The van der Waals surface area contributed by atoms with E-state index in [0.717, 1.165) is 25.7 Å². The van der Waals surface area contributed by atoms with Gasteiger partial charge in [0.2, 0.25) is 0 Å². The molecule has 0 spiro atoms. The fourth-order valence-electron chi connectivity index (χ4n) is 4.85. The molecular weight excluding hydrogens is 523 g/mol. The summed E-state index contributed by atoms with van der Waals surface area (Å²) in [6.45, 7) is 3.84. The molecule has 3 heterocycles. The Hall–Kier alpha value is -4.57. The van der Waals surface area contributed by atoms with Gasteiger partial charge in [0.25, 0.3) is 0 Å². The highest BCUT2D eigenvalue weighted by Crippen LogP contribution is 2.38. The molecular formula is C31H33FN6O3. The van der Waals surface area contributed by atoms with Crippen molar-refractivity contribution < 1.29 is 18.7 Å². The van der Waals surface area contributed by atoms with Crippen molar-refractivity contribution in [1.82, 2.24) is 19.9 Å². The van der Waals surface area contributed by atoms with Gasteiger partial charge >= 0.3 is 0 Å². The number of carbonyl (C=O) groups is 1. The lowest BCUT2D eigenvalue weighted by Gasteiger charge is -2.18. The highest BCUT2D eigenvalue weighted by Gasteiger charge is 2.20. The SMILES string of the molecule is CCOc1c(NC/C(C=O)=C/[C@H]2CCCN2C)ccc2ncnc(Nc3ccc(OCc4ccccn4)c(F)c3)c12. The van der Waals surface area contributed by atoms with Crippen molar-refractivity contribution in [2.45, 2.75) is 32.4 Å². The first kappa shape index (κ1) is 28.0. The number of hydrogen-bond acceptors (Lipinski definition) is 9. The summed E-state index contributed by atoms with van der Waals surface area (Å²) in [6.07, 6.45) is 8.20. The number of aldehydes is 1. The molecule has 0 saturated carbocycles. The van der Waals surface area contributed by atoms with Gasteiger partial charge in [-0.2, -0.15) is 0 Å². The summed E-state index contributed by atoms with van der Waals surface area (Å²) in [5, 5.41) is 7.20. The van der Waals surface area contributed by atoms with Crippen molar-refractivity contribution in [2.75, 3.05) is 37.4 Å². The van der Waals surface area contributed by atoms with Gasteiger partial charge in [-0.3, -0.25) is 14.7 Å². The van der Waals surface area contributed by atoms with Crippen molar-refractivity contribution >= 4 is 34.4 Å². The number of rotatable bonds is 12. The first-order valence-electron chi connectivity index (χ1n) is 13.7. The molecule has 0 bridgehead atoms. The number of hydrogen-bond donors (Lipinski definition) is 2. The number of ether oxygens (including phenoxy) is 2. The number of anilines is 3.